The monoisotopic (exact) mass is 207 g/mol. The first kappa shape index (κ1) is 10.5. The Morgan fingerprint density at radius 3 is 3.13 bits per heavy atom. The van der Waals surface area contributed by atoms with Gasteiger partial charge in [0.15, 0.2) is 0 Å². The van der Waals surface area contributed by atoms with Crippen molar-refractivity contribution in [3.05, 3.63) is 29.3 Å². The molecule has 0 radical (unpaired) electrons. The lowest BCUT2D eigenvalue weighted by Gasteiger charge is -2.26. The fourth-order valence-corrected chi connectivity index (χ4v) is 2.15. The molecule has 1 heterocycles. The minimum atomic E-state index is 0.239. The third-order valence-corrected chi connectivity index (χ3v) is 2.98. The number of aliphatic hydroxyl groups excluding tert-OH is 1. The summed E-state index contributed by atoms with van der Waals surface area (Å²) in [6.07, 6.45) is 0.813. The first-order chi connectivity index (χ1) is 7.35. The molecule has 2 rings (SSSR count). The van der Waals surface area contributed by atoms with Crippen LogP contribution in [0.1, 0.15) is 23.5 Å². The van der Waals surface area contributed by atoms with Crippen molar-refractivity contribution in [1.29, 1.82) is 0 Å². The highest BCUT2D eigenvalue weighted by Gasteiger charge is 2.19. The van der Waals surface area contributed by atoms with Crippen LogP contribution in [0.15, 0.2) is 18.2 Å². The SMILES string of the molecule is COc1ccc2c(c1)C(CCO)CNC2. The minimum Gasteiger partial charge on any atom is -0.497 e. The van der Waals surface area contributed by atoms with Gasteiger partial charge in [0.05, 0.1) is 7.11 Å². The van der Waals surface area contributed by atoms with Crippen molar-refractivity contribution in [2.24, 2.45) is 0 Å². The highest BCUT2D eigenvalue weighted by molar-refractivity contribution is 5.39. The second-order valence-corrected chi connectivity index (χ2v) is 3.90. The maximum atomic E-state index is 9.01. The first-order valence-electron chi connectivity index (χ1n) is 5.33. The molecule has 3 heteroatoms. The molecule has 82 valence electrons. The van der Waals surface area contributed by atoms with E-state index in [-0.39, 0.29) is 6.61 Å². The number of benzene rings is 1. The van der Waals surface area contributed by atoms with Gasteiger partial charge in [0.2, 0.25) is 0 Å². The Balaban J connectivity index is 2.30. The van der Waals surface area contributed by atoms with E-state index in [0.717, 1.165) is 25.3 Å². The maximum Gasteiger partial charge on any atom is 0.119 e. The second-order valence-electron chi connectivity index (χ2n) is 3.90. The summed E-state index contributed by atoms with van der Waals surface area (Å²) >= 11 is 0. The molecule has 1 aliphatic rings. The number of rotatable bonds is 3. The zero-order valence-corrected chi connectivity index (χ0v) is 8.99. The lowest BCUT2D eigenvalue weighted by Crippen LogP contribution is -2.28. The van der Waals surface area contributed by atoms with Crippen LogP contribution in [-0.4, -0.2) is 25.4 Å². The van der Waals surface area contributed by atoms with Crippen molar-refractivity contribution < 1.29 is 9.84 Å². The maximum absolute atomic E-state index is 9.01. The van der Waals surface area contributed by atoms with Crippen LogP contribution < -0.4 is 10.1 Å². The quantitative estimate of drug-likeness (QED) is 0.784. The lowest BCUT2D eigenvalue weighted by molar-refractivity contribution is 0.271. The summed E-state index contributed by atoms with van der Waals surface area (Å²) in [6, 6.07) is 6.18. The van der Waals surface area contributed by atoms with Crippen molar-refractivity contribution in [3.8, 4) is 5.75 Å². The van der Waals surface area contributed by atoms with Crippen LogP contribution >= 0.6 is 0 Å². The number of hydrogen-bond acceptors (Lipinski definition) is 3. The van der Waals surface area contributed by atoms with Gasteiger partial charge >= 0.3 is 0 Å². The van der Waals surface area contributed by atoms with Crippen molar-refractivity contribution >= 4 is 0 Å². The van der Waals surface area contributed by atoms with Crippen LogP contribution in [0.25, 0.3) is 0 Å². The Morgan fingerprint density at radius 1 is 1.53 bits per heavy atom. The molecule has 3 nitrogen and oxygen atoms in total. The zero-order valence-electron chi connectivity index (χ0n) is 8.99. The molecule has 1 unspecified atom stereocenters. The highest BCUT2D eigenvalue weighted by Crippen LogP contribution is 2.29. The summed E-state index contributed by atoms with van der Waals surface area (Å²) in [5, 5.41) is 12.4. The topological polar surface area (TPSA) is 41.5 Å². The summed E-state index contributed by atoms with van der Waals surface area (Å²) in [5.74, 6) is 1.31. The van der Waals surface area contributed by atoms with Crippen LogP contribution in [0.2, 0.25) is 0 Å². The van der Waals surface area contributed by atoms with Gasteiger partial charge in [0, 0.05) is 19.7 Å². The van der Waals surface area contributed by atoms with Crippen molar-refractivity contribution in [1.82, 2.24) is 5.32 Å². The van der Waals surface area contributed by atoms with Crippen molar-refractivity contribution in [2.75, 3.05) is 20.3 Å². The van der Waals surface area contributed by atoms with Gasteiger partial charge < -0.3 is 15.2 Å². The summed E-state index contributed by atoms with van der Waals surface area (Å²) in [7, 11) is 1.68. The van der Waals surface area contributed by atoms with E-state index in [1.54, 1.807) is 7.11 Å². The third kappa shape index (κ3) is 2.13. The van der Waals surface area contributed by atoms with Gasteiger partial charge in [0.25, 0.3) is 0 Å². The molecular formula is C12H17NO2. The summed E-state index contributed by atoms with van der Waals surface area (Å²) in [6.45, 7) is 2.10. The number of hydrogen-bond donors (Lipinski definition) is 2. The molecule has 1 aromatic carbocycles. The fourth-order valence-electron chi connectivity index (χ4n) is 2.15. The number of aliphatic hydroxyl groups is 1. The van der Waals surface area contributed by atoms with Crippen LogP contribution in [-0.2, 0) is 6.54 Å². The molecule has 0 bridgehead atoms. The summed E-state index contributed by atoms with van der Waals surface area (Å²) in [4.78, 5) is 0. The summed E-state index contributed by atoms with van der Waals surface area (Å²) < 4.78 is 5.22. The molecule has 0 saturated carbocycles. The lowest BCUT2D eigenvalue weighted by atomic mass is 9.88. The Labute approximate surface area is 90.1 Å². The van der Waals surface area contributed by atoms with Gasteiger partial charge in [-0.3, -0.25) is 0 Å². The Bertz CT molecular complexity index is 338. The average molecular weight is 207 g/mol. The highest BCUT2D eigenvalue weighted by atomic mass is 16.5. The van der Waals surface area contributed by atoms with Gasteiger partial charge in [-0.15, -0.1) is 0 Å². The number of ether oxygens (including phenoxy) is 1. The van der Waals surface area contributed by atoms with E-state index in [1.807, 2.05) is 6.07 Å². The van der Waals surface area contributed by atoms with E-state index >= 15 is 0 Å². The normalized spacial score (nSPS) is 19.7. The number of methoxy groups -OCH3 is 1. The molecule has 0 aliphatic carbocycles. The molecule has 0 aromatic heterocycles. The smallest absolute Gasteiger partial charge is 0.119 e. The molecule has 0 fully saturated rings. The Kier molecular flexibility index (Phi) is 3.23. The van der Waals surface area contributed by atoms with Crippen LogP contribution in [0.4, 0.5) is 0 Å². The van der Waals surface area contributed by atoms with Crippen LogP contribution in [0.5, 0.6) is 5.75 Å². The van der Waals surface area contributed by atoms with E-state index < -0.39 is 0 Å². The molecule has 15 heavy (non-hydrogen) atoms. The summed E-state index contributed by atoms with van der Waals surface area (Å²) in [5.41, 5.74) is 2.64. The Hall–Kier alpha value is -1.06. The van der Waals surface area contributed by atoms with Crippen molar-refractivity contribution in [3.63, 3.8) is 0 Å². The van der Waals surface area contributed by atoms with Gasteiger partial charge in [-0.2, -0.15) is 0 Å². The standard InChI is InChI=1S/C12H17NO2/c1-15-11-3-2-9-7-13-8-10(4-5-14)12(9)6-11/h2-3,6,10,13-14H,4-5,7-8H2,1H3. The van der Waals surface area contributed by atoms with Crippen LogP contribution in [0.3, 0.4) is 0 Å². The molecule has 0 amide bonds. The second kappa shape index (κ2) is 4.64. The molecular weight excluding hydrogens is 190 g/mol. The predicted molar refractivity (Wildman–Crippen MR) is 59.1 cm³/mol. The van der Waals surface area contributed by atoms with E-state index in [1.165, 1.54) is 11.1 Å². The van der Waals surface area contributed by atoms with Gasteiger partial charge in [0.1, 0.15) is 5.75 Å². The minimum absolute atomic E-state index is 0.239. The van der Waals surface area contributed by atoms with Gasteiger partial charge in [-0.05, 0) is 35.6 Å². The number of nitrogens with one attached hydrogen (secondary N) is 1. The van der Waals surface area contributed by atoms with Crippen LogP contribution in [0, 0.1) is 0 Å². The molecule has 0 saturated heterocycles. The number of fused-ring (bicyclic) bond motifs is 1. The average Bonchev–Trinajstić information content (AvgIpc) is 2.29. The van der Waals surface area contributed by atoms with E-state index in [4.69, 9.17) is 9.84 Å². The fraction of sp³-hybridized carbons (Fsp3) is 0.500. The molecule has 1 aromatic rings. The van der Waals surface area contributed by atoms with Gasteiger partial charge in [-0.1, -0.05) is 6.07 Å². The van der Waals surface area contributed by atoms with E-state index in [2.05, 4.69) is 17.4 Å². The van der Waals surface area contributed by atoms with Crippen molar-refractivity contribution in [2.45, 2.75) is 18.9 Å². The molecule has 0 spiro atoms. The van der Waals surface area contributed by atoms with E-state index in [0.29, 0.717) is 5.92 Å². The largest absolute Gasteiger partial charge is 0.497 e. The molecule has 2 N–H and O–H groups in total. The molecule has 1 aliphatic heterocycles. The van der Waals surface area contributed by atoms with E-state index in [9.17, 15) is 0 Å². The van der Waals surface area contributed by atoms with Gasteiger partial charge in [-0.25, -0.2) is 0 Å². The molecule has 1 atom stereocenters. The first-order valence-corrected chi connectivity index (χ1v) is 5.33. The predicted octanol–water partition coefficient (Wildman–Crippen LogP) is 1.26. The third-order valence-electron chi connectivity index (χ3n) is 2.98. The Morgan fingerprint density at radius 2 is 2.40 bits per heavy atom. The zero-order chi connectivity index (χ0) is 10.7.